The number of carboxylic acid groups (broad SMARTS) is 1. The van der Waals surface area contributed by atoms with Crippen LogP contribution in [0.3, 0.4) is 0 Å². The van der Waals surface area contributed by atoms with Crippen molar-refractivity contribution < 1.29 is 24.2 Å². The number of carbonyl (C=O) groups excluding carboxylic acids is 2. The topological polar surface area (TPSA) is 158 Å². The molecule has 3 aliphatic rings. The molecule has 230 valence electrons. The van der Waals surface area contributed by atoms with Gasteiger partial charge < -0.3 is 9.84 Å². The molecule has 0 aliphatic heterocycles. The number of thiocyanates is 1. The molecule has 3 heterocycles. The fraction of sp³-hybridized carbons (Fsp3) is 0.567. The molecular formula is C30H39N7O5S. The second-order valence-corrected chi connectivity index (χ2v) is 12.2. The molecule has 0 saturated heterocycles. The van der Waals surface area contributed by atoms with Crippen LogP contribution in [0.1, 0.15) is 94.0 Å². The average Bonchev–Trinajstić information content (AvgIpc) is 3.87. The monoisotopic (exact) mass is 609 g/mol. The maximum Gasteiger partial charge on any atom is 0.356 e. The maximum absolute atomic E-state index is 11.6. The SMILES string of the molecule is CCOC(=O)c1cc(C)nn1CC1CC1.Cc1cc(C(=O)O)n(CC2CC2)n1.Cc1cc(C(=O)SC#N)n(CC2CC2)n1. The third kappa shape index (κ3) is 9.81. The molecule has 6 rings (SSSR count). The van der Waals surface area contributed by atoms with Crippen LogP contribution in [0.2, 0.25) is 0 Å². The lowest BCUT2D eigenvalue weighted by Gasteiger charge is -2.05. The van der Waals surface area contributed by atoms with Crippen molar-refractivity contribution in [3.05, 3.63) is 52.4 Å². The molecule has 3 aromatic rings. The summed E-state index contributed by atoms with van der Waals surface area (Å²) < 4.78 is 10.1. The number of esters is 1. The van der Waals surface area contributed by atoms with Gasteiger partial charge in [-0.15, -0.1) is 0 Å². The lowest BCUT2D eigenvalue weighted by Crippen LogP contribution is -2.14. The molecule has 0 spiro atoms. The Bertz CT molecular complexity index is 1490. The molecule has 1 N–H and O–H groups in total. The summed E-state index contributed by atoms with van der Waals surface area (Å²) in [6.45, 7) is 10.2. The van der Waals surface area contributed by atoms with Crippen molar-refractivity contribution >= 4 is 28.8 Å². The first-order valence-electron chi connectivity index (χ1n) is 14.7. The highest BCUT2D eigenvalue weighted by Gasteiger charge is 2.27. The zero-order chi connectivity index (χ0) is 31.1. The second kappa shape index (κ2) is 14.5. The van der Waals surface area contributed by atoms with Gasteiger partial charge in [0.15, 0.2) is 0 Å². The van der Waals surface area contributed by atoms with Crippen LogP contribution in [0.25, 0.3) is 0 Å². The number of thioether (sulfide) groups is 1. The Morgan fingerprint density at radius 2 is 1.21 bits per heavy atom. The first-order valence-corrected chi connectivity index (χ1v) is 15.5. The molecule has 3 aliphatic carbocycles. The fourth-order valence-corrected chi connectivity index (χ4v) is 4.84. The quantitative estimate of drug-likeness (QED) is 0.244. The van der Waals surface area contributed by atoms with E-state index >= 15 is 0 Å². The number of hydrogen-bond acceptors (Lipinski definition) is 9. The van der Waals surface area contributed by atoms with Crippen molar-refractivity contribution in [3.8, 4) is 5.40 Å². The summed E-state index contributed by atoms with van der Waals surface area (Å²) in [6.07, 6.45) is 7.36. The molecule has 3 saturated carbocycles. The van der Waals surface area contributed by atoms with Gasteiger partial charge in [0.25, 0.3) is 5.12 Å². The van der Waals surface area contributed by atoms with Gasteiger partial charge in [0.2, 0.25) is 0 Å². The maximum atomic E-state index is 11.6. The van der Waals surface area contributed by atoms with Gasteiger partial charge in [0.1, 0.15) is 22.5 Å². The normalized spacial score (nSPS) is 15.4. The Hall–Kier alpha value is -3.92. The number of carbonyl (C=O) groups is 3. The fourth-order valence-electron chi connectivity index (χ4n) is 4.49. The number of hydrogen-bond donors (Lipinski definition) is 1. The van der Waals surface area contributed by atoms with Crippen molar-refractivity contribution in [2.75, 3.05) is 6.61 Å². The highest BCUT2D eigenvalue weighted by atomic mass is 32.2. The Morgan fingerprint density at radius 1 is 0.814 bits per heavy atom. The van der Waals surface area contributed by atoms with E-state index in [1.165, 1.54) is 38.5 Å². The highest BCUT2D eigenvalue weighted by molar-refractivity contribution is 8.18. The minimum absolute atomic E-state index is 0.209. The Kier molecular flexibility index (Phi) is 10.8. The van der Waals surface area contributed by atoms with Crippen molar-refractivity contribution in [2.24, 2.45) is 17.8 Å². The molecule has 43 heavy (non-hydrogen) atoms. The molecule has 0 amide bonds. The van der Waals surface area contributed by atoms with E-state index in [1.807, 2.05) is 27.7 Å². The van der Waals surface area contributed by atoms with Crippen LogP contribution >= 0.6 is 11.8 Å². The summed E-state index contributed by atoms with van der Waals surface area (Å²) >= 11 is 0.665. The number of ether oxygens (including phenoxy) is 1. The van der Waals surface area contributed by atoms with Crippen LogP contribution in [0.15, 0.2) is 18.2 Å². The van der Waals surface area contributed by atoms with E-state index in [-0.39, 0.29) is 11.1 Å². The van der Waals surface area contributed by atoms with Crippen molar-refractivity contribution in [1.82, 2.24) is 29.3 Å². The molecule has 12 nitrogen and oxygen atoms in total. The molecule has 3 fully saturated rings. The van der Waals surface area contributed by atoms with E-state index in [0.29, 0.717) is 53.2 Å². The molecule has 0 bridgehead atoms. The van der Waals surface area contributed by atoms with Crippen LogP contribution < -0.4 is 0 Å². The Labute approximate surface area is 255 Å². The molecule has 13 heteroatoms. The van der Waals surface area contributed by atoms with Crippen molar-refractivity contribution in [2.45, 2.75) is 85.9 Å². The van der Waals surface area contributed by atoms with Gasteiger partial charge in [-0.1, -0.05) is 0 Å². The third-order valence-electron chi connectivity index (χ3n) is 7.14. The standard InChI is InChI=1S/C11H16N2O2.C10H11N3OS.C9H12N2O2/c1-3-15-11(14)10-6-8(2)12-13(10)7-9-4-5-9;1-7-4-9(10(14)15-6-11)13(12-7)5-8-2-3-8;1-6-4-8(9(12)13)11(10-6)5-7-2-3-7/h6,9H,3-5,7H2,1-2H3;4,8H,2-3,5H2,1H3;4,7H,2-3,5H2,1H3,(H,12,13). The molecule has 0 atom stereocenters. The number of aryl methyl sites for hydroxylation is 3. The van der Waals surface area contributed by atoms with Gasteiger partial charge in [-0.25, -0.2) is 9.59 Å². The third-order valence-corrected chi connectivity index (χ3v) is 7.63. The van der Waals surface area contributed by atoms with E-state index in [1.54, 1.807) is 37.6 Å². The highest BCUT2D eigenvalue weighted by Crippen LogP contribution is 2.32. The van der Waals surface area contributed by atoms with Crippen LogP contribution in [-0.4, -0.2) is 58.1 Å². The summed E-state index contributed by atoms with van der Waals surface area (Å²) in [6, 6.07) is 5.15. The summed E-state index contributed by atoms with van der Waals surface area (Å²) in [7, 11) is 0. The van der Waals surface area contributed by atoms with Gasteiger partial charge in [-0.05, 0) is 102 Å². The van der Waals surface area contributed by atoms with Crippen LogP contribution in [0, 0.1) is 49.2 Å². The lowest BCUT2D eigenvalue weighted by atomic mass is 10.3. The molecule has 0 aromatic carbocycles. The van der Waals surface area contributed by atoms with E-state index < -0.39 is 5.97 Å². The summed E-state index contributed by atoms with van der Waals surface area (Å²) in [5, 5.41) is 31.6. The minimum atomic E-state index is -0.888. The van der Waals surface area contributed by atoms with Crippen LogP contribution in [-0.2, 0) is 24.4 Å². The number of nitrogens with zero attached hydrogens (tertiary/aromatic N) is 7. The second-order valence-electron chi connectivity index (χ2n) is 11.4. The largest absolute Gasteiger partial charge is 0.477 e. The molecular weight excluding hydrogens is 570 g/mol. The summed E-state index contributed by atoms with van der Waals surface area (Å²) in [5.74, 6) is 0.873. The lowest BCUT2D eigenvalue weighted by molar-refractivity contribution is 0.0510. The van der Waals surface area contributed by atoms with Gasteiger partial charge in [0.05, 0.1) is 23.7 Å². The summed E-state index contributed by atoms with van der Waals surface area (Å²) in [4.78, 5) is 33.9. The molecule has 3 aromatic heterocycles. The first-order chi connectivity index (χ1) is 20.6. The average molecular weight is 610 g/mol. The smallest absolute Gasteiger partial charge is 0.356 e. The van der Waals surface area contributed by atoms with Gasteiger partial charge >= 0.3 is 11.9 Å². The molecule has 0 unspecified atom stereocenters. The van der Waals surface area contributed by atoms with E-state index in [2.05, 4.69) is 15.3 Å². The molecule has 0 radical (unpaired) electrons. The Balaban J connectivity index is 0.000000148. The predicted molar refractivity (Wildman–Crippen MR) is 160 cm³/mol. The minimum Gasteiger partial charge on any atom is -0.477 e. The van der Waals surface area contributed by atoms with Crippen LogP contribution in [0.4, 0.5) is 0 Å². The van der Waals surface area contributed by atoms with Gasteiger partial charge in [-0.3, -0.25) is 18.8 Å². The van der Waals surface area contributed by atoms with Gasteiger partial charge in [0, 0.05) is 31.4 Å². The predicted octanol–water partition coefficient (Wildman–Crippen LogP) is 5.03. The van der Waals surface area contributed by atoms with E-state index in [4.69, 9.17) is 15.1 Å². The van der Waals surface area contributed by atoms with E-state index in [9.17, 15) is 14.4 Å². The number of aromatic carboxylic acids is 1. The van der Waals surface area contributed by atoms with Crippen molar-refractivity contribution in [3.63, 3.8) is 0 Å². The number of rotatable bonds is 10. The zero-order valence-electron chi connectivity index (χ0n) is 25.2. The van der Waals surface area contributed by atoms with Gasteiger partial charge in [-0.2, -0.15) is 20.6 Å². The number of aromatic nitrogens is 6. The number of nitriles is 1. The Morgan fingerprint density at radius 3 is 1.60 bits per heavy atom. The zero-order valence-corrected chi connectivity index (χ0v) is 26.0. The first kappa shape index (κ1) is 32.0. The van der Waals surface area contributed by atoms with Crippen LogP contribution in [0.5, 0.6) is 0 Å². The van der Waals surface area contributed by atoms with E-state index in [0.717, 1.165) is 36.7 Å². The number of carboxylic acids is 1. The van der Waals surface area contributed by atoms with Crippen molar-refractivity contribution in [1.29, 1.82) is 5.26 Å². The summed E-state index contributed by atoms with van der Waals surface area (Å²) in [5.41, 5.74) is 3.92.